The van der Waals surface area contributed by atoms with Crippen molar-refractivity contribution in [3.63, 3.8) is 0 Å². The first-order valence-electron chi connectivity index (χ1n) is 11.5. The van der Waals surface area contributed by atoms with Crippen LogP contribution >= 0.6 is 11.8 Å². The molecule has 0 bridgehead atoms. The molecular formula is C25H32N6O2S. The number of amides is 2. The van der Waals surface area contributed by atoms with Gasteiger partial charge in [-0.3, -0.25) is 9.59 Å². The molecule has 8 nitrogen and oxygen atoms in total. The highest BCUT2D eigenvalue weighted by atomic mass is 32.2. The molecule has 3 aromatic rings. The van der Waals surface area contributed by atoms with Crippen molar-refractivity contribution in [3.8, 4) is 11.4 Å². The van der Waals surface area contributed by atoms with Gasteiger partial charge in [0.25, 0.3) is 0 Å². The number of thioether (sulfide) groups is 1. The van der Waals surface area contributed by atoms with Crippen molar-refractivity contribution in [2.45, 2.75) is 32.3 Å². The van der Waals surface area contributed by atoms with E-state index in [-0.39, 0.29) is 24.1 Å². The van der Waals surface area contributed by atoms with Gasteiger partial charge in [0.15, 0.2) is 11.0 Å². The maximum Gasteiger partial charge on any atom is 0.243 e. The van der Waals surface area contributed by atoms with Gasteiger partial charge in [-0.15, -0.1) is 10.2 Å². The molecule has 2 amide bonds. The molecule has 2 N–H and O–H groups in total. The van der Waals surface area contributed by atoms with E-state index in [1.807, 2.05) is 54.9 Å². The van der Waals surface area contributed by atoms with Gasteiger partial charge < -0.3 is 20.1 Å². The molecule has 9 heteroatoms. The summed E-state index contributed by atoms with van der Waals surface area (Å²) in [5.41, 5.74) is 3.96. The molecule has 1 aromatic heterocycles. The maximum atomic E-state index is 12.3. The average molecular weight is 481 g/mol. The molecule has 0 aliphatic heterocycles. The lowest BCUT2D eigenvalue weighted by Gasteiger charge is -2.21. The highest BCUT2D eigenvalue weighted by Crippen LogP contribution is 2.25. The van der Waals surface area contributed by atoms with Crippen LogP contribution < -0.4 is 15.5 Å². The van der Waals surface area contributed by atoms with E-state index in [1.165, 1.54) is 17.4 Å². The van der Waals surface area contributed by atoms with Gasteiger partial charge in [-0.25, -0.2) is 0 Å². The van der Waals surface area contributed by atoms with E-state index in [4.69, 9.17) is 0 Å². The van der Waals surface area contributed by atoms with E-state index in [9.17, 15) is 9.59 Å². The quantitative estimate of drug-likeness (QED) is 0.406. The third-order valence-corrected chi connectivity index (χ3v) is 6.56. The van der Waals surface area contributed by atoms with E-state index >= 15 is 0 Å². The Labute approximate surface area is 205 Å². The Morgan fingerprint density at radius 2 is 1.68 bits per heavy atom. The number of aromatic nitrogens is 3. The van der Waals surface area contributed by atoms with E-state index in [1.54, 1.807) is 0 Å². The fourth-order valence-electron chi connectivity index (χ4n) is 3.61. The number of carbonyl (C=O) groups is 2. The van der Waals surface area contributed by atoms with Crippen LogP contribution in [-0.2, 0) is 23.1 Å². The van der Waals surface area contributed by atoms with Gasteiger partial charge in [0.2, 0.25) is 11.8 Å². The molecule has 2 aromatic carbocycles. The van der Waals surface area contributed by atoms with Gasteiger partial charge in [0, 0.05) is 37.1 Å². The number of para-hydroxylation sites is 1. The van der Waals surface area contributed by atoms with E-state index in [0.29, 0.717) is 5.16 Å². The number of rotatable bonds is 11. The van der Waals surface area contributed by atoms with Crippen LogP contribution in [0.1, 0.15) is 26.3 Å². The summed E-state index contributed by atoms with van der Waals surface area (Å²) in [4.78, 5) is 26.8. The summed E-state index contributed by atoms with van der Waals surface area (Å²) in [5.74, 6) is 0.388. The molecule has 3 rings (SSSR count). The minimum atomic E-state index is -0.256. The molecule has 0 saturated heterocycles. The Kier molecular flexibility index (Phi) is 9.09. The third-order valence-electron chi connectivity index (χ3n) is 5.54. The lowest BCUT2D eigenvalue weighted by atomic mass is 10.1. The monoisotopic (exact) mass is 480 g/mol. The molecule has 0 aliphatic rings. The van der Waals surface area contributed by atoms with Crippen LogP contribution in [0.5, 0.6) is 0 Å². The van der Waals surface area contributed by atoms with E-state index in [2.05, 4.69) is 51.7 Å². The van der Waals surface area contributed by atoms with Crippen molar-refractivity contribution in [1.82, 2.24) is 20.1 Å². The fourth-order valence-corrected chi connectivity index (χ4v) is 4.35. The van der Waals surface area contributed by atoms with Crippen molar-refractivity contribution in [2.24, 2.45) is 7.05 Å². The van der Waals surface area contributed by atoms with Gasteiger partial charge in [0.05, 0.1) is 12.3 Å². The van der Waals surface area contributed by atoms with Crippen molar-refractivity contribution in [2.75, 3.05) is 35.6 Å². The van der Waals surface area contributed by atoms with Gasteiger partial charge >= 0.3 is 0 Å². The summed E-state index contributed by atoms with van der Waals surface area (Å²) in [7, 11) is 1.88. The predicted octanol–water partition coefficient (Wildman–Crippen LogP) is 3.74. The third kappa shape index (κ3) is 6.38. The summed E-state index contributed by atoms with van der Waals surface area (Å²) in [6.45, 7) is 8.13. The molecule has 0 atom stereocenters. The van der Waals surface area contributed by atoms with Crippen molar-refractivity contribution in [3.05, 3.63) is 54.1 Å². The molecule has 0 aliphatic carbocycles. The van der Waals surface area contributed by atoms with Gasteiger partial charge in [0.1, 0.15) is 0 Å². The van der Waals surface area contributed by atoms with Crippen LogP contribution in [0.3, 0.4) is 0 Å². The first-order valence-corrected chi connectivity index (χ1v) is 12.5. The number of aryl methyl sites for hydroxylation is 1. The zero-order valence-corrected chi connectivity index (χ0v) is 21.0. The topological polar surface area (TPSA) is 92.2 Å². The molecular weight excluding hydrogens is 448 g/mol. The van der Waals surface area contributed by atoms with Crippen LogP contribution in [0.4, 0.5) is 11.4 Å². The van der Waals surface area contributed by atoms with Crippen molar-refractivity contribution in [1.29, 1.82) is 0 Å². The molecule has 0 fully saturated rings. The number of hydrogen-bond acceptors (Lipinski definition) is 6. The second kappa shape index (κ2) is 12.2. The van der Waals surface area contributed by atoms with Crippen LogP contribution in [0.2, 0.25) is 0 Å². The summed E-state index contributed by atoms with van der Waals surface area (Å²) >= 11 is 1.29. The summed E-state index contributed by atoms with van der Waals surface area (Å²) < 4.78 is 1.87. The lowest BCUT2D eigenvalue weighted by Crippen LogP contribution is -2.34. The zero-order chi connectivity index (χ0) is 24.5. The highest BCUT2D eigenvalue weighted by molar-refractivity contribution is 7.99. The Balaban J connectivity index is 1.51. The Hall–Kier alpha value is -3.33. The first-order chi connectivity index (χ1) is 16.5. The zero-order valence-electron chi connectivity index (χ0n) is 20.2. The Bertz CT molecular complexity index is 1110. The summed E-state index contributed by atoms with van der Waals surface area (Å²) in [6.07, 6.45) is 0.819. The highest BCUT2D eigenvalue weighted by Gasteiger charge is 2.14. The van der Waals surface area contributed by atoms with E-state index < -0.39 is 0 Å². The summed E-state index contributed by atoms with van der Waals surface area (Å²) in [6, 6.07) is 15.9. The lowest BCUT2D eigenvalue weighted by molar-refractivity contribution is -0.122. The molecule has 1 heterocycles. The fraction of sp³-hybridized carbons (Fsp3) is 0.360. The van der Waals surface area contributed by atoms with Crippen LogP contribution in [0, 0.1) is 0 Å². The Morgan fingerprint density at radius 3 is 2.35 bits per heavy atom. The smallest absolute Gasteiger partial charge is 0.243 e. The maximum absolute atomic E-state index is 12.3. The molecule has 0 spiro atoms. The van der Waals surface area contributed by atoms with Gasteiger partial charge in [-0.05, 0) is 56.2 Å². The van der Waals surface area contributed by atoms with Crippen LogP contribution in [-0.4, -0.2) is 52.0 Å². The number of hydrogen-bond donors (Lipinski definition) is 2. The minimum absolute atomic E-state index is 0.0829. The molecule has 34 heavy (non-hydrogen) atoms. The first kappa shape index (κ1) is 25.3. The summed E-state index contributed by atoms with van der Waals surface area (Å²) in [5, 5.41) is 14.7. The largest absolute Gasteiger partial charge is 0.372 e. The second-order valence-corrected chi connectivity index (χ2v) is 8.65. The van der Waals surface area contributed by atoms with Gasteiger partial charge in [-0.2, -0.15) is 0 Å². The minimum Gasteiger partial charge on any atom is -0.372 e. The Morgan fingerprint density at radius 1 is 0.971 bits per heavy atom. The van der Waals surface area contributed by atoms with Crippen molar-refractivity contribution >= 4 is 35.0 Å². The normalized spacial score (nSPS) is 10.7. The number of carbonyl (C=O) groups excluding carboxylic acids is 2. The second-order valence-electron chi connectivity index (χ2n) is 7.71. The van der Waals surface area contributed by atoms with Gasteiger partial charge in [-0.1, -0.05) is 36.9 Å². The average Bonchev–Trinajstić information content (AvgIpc) is 3.23. The molecule has 0 saturated carbocycles. The predicted molar refractivity (Wildman–Crippen MR) is 138 cm³/mol. The SMILES string of the molecule is CCc1ccccc1NC(=O)CNC(=O)CSc1nnc(-c2ccc(N(CC)CC)cc2)n1C. The molecule has 0 radical (unpaired) electrons. The van der Waals surface area contributed by atoms with Crippen LogP contribution in [0.15, 0.2) is 53.7 Å². The number of nitrogens with zero attached hydrogens (tertiary/aromatic N) is 4. The van der Waals surface area contributed by atoms with E-state index in [0.717, 1.165) is 42.1 Å². The van der Waals surface area contributed by atoms with Crippen LogP contribution in [0.25, 0.3) is 11.4 Å². The van der Waals surface area contributed by atoms with Crippen molar-refractivity contribution < 1.29 is 9.59 Å². The molecule has 0 unspecified atom stereocenters. The molecule has 180 valence electrons. The standard InChI is InChI=1S/C25H32N6O2S/c1-5-18-10-8-9-11-21(18)27-22(32)16-26-23(33)17-34-25-29-28-24(30(25)4)19-12-14-20(15-13-19)31(6-2)7-3/h8-15H,5-7,16-17H2,1-4H3,(H,26,33)(H,27,32). The number of anilines is 2. The number of nitrogens with one attached hydrogen (secondary N) is 2. The number of benzene rings is 2.